The Bertz CT molecular complexity index is 877. The number of rotatable bonds is 3. The largest absolute Gasteiger partial charge is 0.326 e. The number of nitrogens with one attached hydrogen (secondary N) is 1. The Kier molecular flexibility index (Phi) is 4.18. The maximum absolute atomic E-state index is 13.3. The summed E-state index contributed by atoms with van der Waals surface area (Å²) < 4.78 is 26.5. The van der Waals surface area contributed by atoms with Crippen LogP contribution in [-0.4, -0.2) is 18.4 Å². The lowest BCUT2D eigenvalue weighted by atomic mass is 10.1. The van der Waals surface area contributed by atoms with Crippen LogP contribution in [-0.2, 0) is 22.4 Å². The summed E-state index contributed by atoms with van der Waals surface area (Å²) in [5, 5.41) is 2.50. The highest BCUT2D eigenvalue weighted by molar-refractivity contribution is 6.03. The average Bonchev–Trinajstić information content (AvgIpc) is 3.19. The first-order valence-corrected chi connectivity index (χ1v) is 8.69. The molecule has 2 aliphatic rings. The zero-order valence-corrected chi connectivity index (χ0v) is 14.1. The van der Waals surface area contributed by atoms with E-state index < -0.39 is 23.5 Å². The molecule has 1 saturated heterocycles. The molecule has 134 valence electrons. The predicted molar refractivity (Wildman–Crippen MR) is 93.9 cm³/mol. The van der Waals surface area contributed by atoms with E-state index in [0.29, 0.717) is 0 Å². The number of carbonyl (C=O) groups excluding carboxylic acids is 2. The molecule has 2 aromatic rings. The number of amides is 2. The maximum Gasteiger partial charge on any atom is 0.229 e. The number of hydrogen-bond donors (Lipinski definition) is 1. The van der Waals surface area contributed by atoms with Gasteiger partial charge in [0.05, 0.1) is 5.92 Å². The number of halogens is 2. The van der Waals surface area contributed by atoms with Gasteiger partial charge in [-0.1, -0.05) is 6.07 Å². The van der Waals surface area contributed by atoms with Crippen LogP contribution in [0.15, 0.2) is 36.4 Å². The van der Waals surface area contributed by atoms with Gasteiger partial charge < -0.3 is 10.2 Å². The fourth-order valence-electron chi connectivity index (χ4n) is 3.73. The number of nitrogens with zero attached hydrogens (tertiary/aromatic N) is 1. The molecule has 26 heavy (non-hydrogen) atoms. The minimum absolute atomic E-state index is 0.0518. The van der Waals surface area contributed by atoms with Gasteiger partial charge in [0.15, 0.2) is 0 Å². The molecule has 6 heteroatoms. The van der Waals surface area contributed by atoms with E-state index in [1.165, 1.54) is 11.1 Å². The zero-order chi connectivity index (χ0) is 18.3. The van der Waals surface area contributed by atoms with E-state index in [4.69, 9.17) is 0 Å². The number of benzene rings is 2. The summed E-state index contributed by atoms with van der Waals surface area (Å²) in [5.74, 6) is -2.60. The highest BCUT2D eigenvalue weighted by Crippen LogP contribution is 2.31. The summed E-state index contributed by atoms with van der Waals surface area (Å²) in [6.07, 6.45) is 3.29. The monoisotopic (exact) mass is 356 g/mol. The lowest BCUT2D eigenvalue weighted by Gasteiger charge is -2.18. The Labute approximate surface area is 149 Å². The Morgan fingerprint density at radius 3 is 2.54 bits per heavy atom. The molecule has 2 amide bonds. The number of aryl methyl sites for hydroxylation is 2. The van der Waals surface area contributed by atoms with Crippen LogP contribution in [0.4, 0.5) is 20.2 Å². The van der Waals surface area contributed by atoms with Crippen molar-refractivity contribution in [3.05, 3.63) is 59.2 Å². The zero-order valence-electron chi connectivity index (χ0n) is 14.1. The van der Waals surface area contributed by atoms with Gasteiger partial charge in [-0.25, -0.2) is 8.78 Å². The van der Waals surface area contributed by atoms with Crippen molar-refractivity contribution >= 4 is 23.2 Å². The molecule has 0 radical (unpaired) electrons. The summed E-state index contributed by atoms with van der Waals surface area (Å²) >= 11 is 0. The van der Waals surface area contributed by atoms with Gasteiger partial charge in [-0.3, -0.25) is 9.59 Å². The topological polar surface area (TPSA) is 49.4 Å². The van der Waals surface area contributed by atoms with E-state index in [2.05, 4.69) is 5.32 Å². The normalized spacial score (nSPS) is 18.9. The van der Waals surface area contributed by atoms with Crippen LogP contribution in [0, 0.1) is 17.6 Å². The molecule has 1 aliphatic carbocycles. The van der Waals surface area contributed by atoms with Crippen molar-refractivity contribution in [2.24, 2.45) is 5.92 Å². The van der Waals surface area contributed by atoms with Crippen molar-refractivity contribution < 1.29 is 18.4 Å². The van der Waals surface area contributed by atoms with E-state index in [0.717, 1.165) is 43.1 Å². The molecular formula is C20H18F2N2O2. The molecule has 0 saturated carbocycles. The van der Waals surface area contributed by atoms with Gasteiger partial charge in [-0.05, 0) is 54.7 Å². The molecule has 1 heterocycles. The van der Waals surface area contributed by atoms with Gasteiger partial charge in [0.2, 0.25) is 11.8 Å². The molecule has 0 bridgehead atoms. The molecule has 2 aromatic carbocycles. The summed E-state index contributed by atoms with van der Waals surface area (Å²) in [4.78, 5) is 26.4. The van der Waals surface area contributed by atoms with Crippen LogP contribution in [0.3, 0.4) is 0 Å². The lowest BCUT2D eigenvalue weighted by Crippen LogP contribution is -2.28. The van der Waals surface area contributed by atoms with Crippen LogP contribution in [0.25, 0.3) is 0 Å². The molecule has 1 unspecified atom stereocenters. The SMILES string of the molecule is O=C(Nc1cc(F)cc(F)c1)C1CC(=O)N(c2ccc3c(c2)CCC3)C1. The minimum atomic E-state index is -0.762. The molecule has 1 fully saturated rings. The third-order valence-corrected chi connectivity index (χ3v) is 5.02. The smallest absolute Gasteiger partial charge is 0.229 e. The Morgan fingerprint density at radius 1 is 1.04 bits per heavy atom. The van der Waals surface area contributed by atoms with E-state index in [-0.39, 0.29) is 24.6 Å². The highest BCUT2D eigenvalue weighted by atomic mass is 19.1. The van der Waals surface area contributed by atoms with Gasteiger partial charge in [0.25, 0.3) is 0 Å². The van der Waals surface area contributed by atoms with Crippen molar-refractivity contribution in [1.29, 1.82) is 0 Å². The van der Waals surface area contributed by atoms with Crippen LogP contribution in [0.5, 0.6) is 0 Å². The van der Waals surface area contributed by atoms with Crippen molar-refractivity contribution in [1.82, 2.24) is 0 Å². The molecule has 0 aromatic heterocycles. The Hall–Kier alpha value is -2.76. The van der Waals surface area contributed by atoms with Crippen LogP contribution in [0.1, 0.15) is 24.0 Å². The second-order valence-electron chi connectivity index (χ2n) is 6.86. The number of anilines is 2. The third kappa shape index (κ3) is 3.19. The van der Waals surface area contributed by atoms with Crippen molar-refractivity contribution in [3.8, 4) is 0 Å². The second kappa shape index (κ2) is 6.52. The Morgan fingerprint density at radius 2 is 1.77 bits per heavy atom. The Balaban J connectivity index is 1.48. The molecule has 0 spiro atoms. The van der Waals surface area contributed by atoms with E-state index in [1.807, 2.05) is 18.2 Å². The van der Waals surface area contributed by atoms with Gasteiger partial charge in [-0.15, -0.1) is 0 Å². The van der Waals surface area contributed by atoms with E-state index >= 15 is 0 Å². The first-order chi connectivity index (χ1) is 12.5. The molecule has 4 nitrogen and oxygen atoms in total. The van der Waals surface area contributed by atoms with Gasteiger partial charge in [0.1, 0.15) is 11.6 Å². The van der Waals surface area contributed by atoms with E-state index in [9.17, 15) is 18.4 Å². The van der Waals surface area contributed by atoms with Crippen molar-refractivity contribution in [2.75, 3.05) is 16.8 Å². The van der Waals surface area contributed by atoms with Gasteiger partial charge >= 0.3 is 0 Å². The average molecular weight is 356 g/mol. The fraction of sp³-hybridized carbons (Fsp3) is 0.300. The molecule has 1 atom stereocenters. The van der Waals surface area contributed by atoms with Crippen LogP contribution < -0.4 is 10.2 Å². The van der Waals surface area contributed by atoms with Gasteiger partial charge in [0, 0.05) is 30.4 Å². The summed E-state index contributed by atoms with van der Waals surface area (Å²) in [6.45, 7) is 0.265. The third-order valence-electron chi connectivity index (χ3n) is 5.02. The van der Waals surface area contributed by atoms with Crippen LogP contribution in [0.2, 0.25) is 0 Å². The predicted octanol–water partition coefficient (Wildman–Crippen LogP) is 3.45. The highest BCUT2D eigenvalue weighted by Gasteiger charge is 2.35. The van der Waals surface area contributed by atoms with Crippen molar-refractivity contribution in [2.45, 2.75) is 25.7 Å². The minimum Gasteiger partial charge on any atom is -0.326 e. The second-order valence-corrected chi connectivity index (χ2v) is 6.86. The quantitative estimate of drug-likeness (QED) is 0.916. The van der Waals surface area contributed by atoms with Crippen LogP contribution >= 0.6 is 0 Å². The summed E-state index contributed by atoms with van der Waals surface area (Å²) in [5.41, 5.74) is 3.44. The van der Waals surface area contributed by atoms with Crippen molar-refractivity contribution in [3.63, 3.8) is 0 Å². The first-order valence-electron chi connectivity index (χ1n) is 8.69. The first kappa shape index (κ1) is 16.7. The summed E-state index contributed by atoms with van der Waals surface area (Å²) in [6, 6.07) is 8.84. The molecular weight excluding hydrogens is 338 g/mol. The number of hydrogen-bond acceptors (Lipinski definition) is 2. The van der Waals surface area contributed by atoms with Gasteiger partial charge in [-0.2, -0.15) is 0 Å². The number of carbonyl (C=O) groups is 2. The standard InChI is InChI=1S/C20H18F2N2O2/c21-15-8-16(22)10-17(9-15)23-20(26)14-7-19(25)24(11-14)18-5-4-12-2-1-3-13(12)6-18/h4-6,8-10,14H,1-3,7,11H2,(H,23,26). The molecule has 4 rings (SSSR count). The summed E-state index contributed by atoms with van der Waals surface area (Å²) in [7, 11) is 0. The van der Waals surface area contributed by atoms with E-state index in [1.54, 1.807) is 4.90 Å². The molecule has 1 N–H and O–H groups in total. The number of fused-ring (bicyclic) bond motifs is 1. The lowest BCUT2D eigenvalue weighted by molar-refractivity contribution is -0.122. The molecule has 1 aliphatic heterocycles. The maximum atomic E-state index is 13.3. The fourth-order valence-corrected chi connectivity index (χ4v) is 3.73.